The molecule has 3 rings (SSSR count). The fourth-order valence-corrected chi connectivity index (χ4v) is 2.76. The van der Waals surface area contributed by atoms with Crippen LogP contribution in [0.1, 0.15) is 43.8 Å². The number of hydrogen-bond acceptors (Lipinski definition) is 5. The standard InChI is InChI=1S/C15H19N3O2/c1-19-13-9-11(16)7-8-12(13)15-17-14(18-20-15)10-5-3-2-4-6-10/h7-10H,2-6,16H2,1H3. The molecule has 0 unspecified atom stereocenters. The summed E-state index contributed by atoms with van der Waals surface area (Å²) in [5.41, 5.74) is 7.20. The third-order valence-electron chi connectivity index (χ3n) is 3.87. The number of methoxy groups -OCH3 is 1. The molecule has 5 heteroatoms. The first-order valence-electron chi connectivity index (χ1n) is 7.05. The largest absolute Gasteiger partial charge is 0.496 e. The second-order valence-corrected chi connectivity index (χ2v) is 5.25. The van der Waals surface area contributed by atoms with Gasteiger partial charge in [0.25, 0.3) is 5.89 Å². The number of benzene rings is 1. The van der Waals surface area contributed by atoms with Crippen molar-refractivity contribution >= 4 is 5.69 Å². The van der Waals surface area contributed by atoms with Crippen LogP contribution in [0.5, 0.6) is 5.75 Å². The van der Waals surface area contributed by atoms with Crippen molar-refractivity contribution in [2.45, 2.75) is 38.0 Å². The molecule has 0 atom stereocenters. The van der Waals surface area contributed by atoms with Gasteiger partial charge in [0.15, 0.2) is 5.82 Å². The molecule has 5 nitrogen and oxygen atoms in total. The van der Waals surface area contributed by atoms with Gasteiger partial charge < -0.3 is 15.0 Å². The summed E-state index contributed by atoms with van der Waals surface area (Å²) in [6, 6.07) is 5.43. The van der Waals surface area contributed by atoms with Gasteiger partial charge in [0.05, 0.1) is 12.7 Å². The summed E-state index contributed by atoms with van der Waals surface area (Å²) in [5.74, 6) is 2.41. The van der Waals surface area contributed by atoms with Crippen LogP contribution in [0.15, 0.2) is 22.7 Å². The maximum Gasteiger partial charge on any atom is 0.261 e. The zero-order chi connectivity index (χ0) is 13.9. The normalized spacial score (nSPS) is 16.2. The highest BCUT2D eigenvalue weighted by molar-refractivity contribution is 5.66. The van der Waals surface area contributed by atoms with E-state index >= 15 is 0 Å². The molecule has 106 valence electrons. The highest BCUT2D eigenvalue weighted by atomic mass is 16.5. The number of nitrogens with two attached hydrogens (primary N) is 1. The smallest absolute Gasteiger partial charge is 0.261 e. The first-order chi connectivity index (χ1) is 9.78. The lowest BCUT2D eigenvalue weighted by Crippen LogP contribution is -2.06. The average molecular weight is 273 g/mol. The van der Waals surface area contributed by atoms with Crippen molar-refractivity contribution in [2.24, 2.45) is 0 Å². The van der Waals surface area contributed by atoms with Gasteiger partial charge >= 0.3 is 0 Å². The van der Waals surface area contributed by atoms with Crippen molar-refractivity contribution in [3.05, 3.63) is 24.0 Å². The van der Waals surface area contributed by atoms with Crippen molar-refractivity contribution in [3.8, 4) is 17.2 Å². The van der Waals surface area contributed by atoms with Crippen LogP contribution in [0.25, 0.3) is 11.5 Å². The molecule has 0 amide bonds. The van der Waals surface area contributed by atoms with Crippen LogP contribution in [0.2, 0.25) is 0 Å². The number of hydrogen-bond donors (Lipinski definition) is 1. The van der Waals surface area contributed by atoms with Gasteiger partial charge in [-0.2, -0.15) is 4.98 Å². The van der Waals surface area contributed by atoms with E-state index in [1.165, 1.54) is 19.3 Å². The van der Waals surface area contributed by atoms with Gasteiger partial charge in [-0.25, -0.2) is 0 Å². The Morgan fingerprint density at radius 1 is 1.25 bits per heavy atom. The van der Waals surface area contributed by atoms with E-state index in [9.17, 15) is 0 Å². The number of ether oxygens (including phenoxy) is 1. The fraction of sp³-hybridized carbons (Fsp3) is 0.467. The van der Waals surface area contributed by atoms with Gasteiger partial charge in [0, 0.05) is 17.7 Å². The highest BCUT2D eigenvalue weighted by Crippen LogP contribution is 2.34. The van der Waals surface area contributed by atoms with Crippen molar-refractivity contribution in [2.75, 3.05) is 12.8 Å². The first kappa shape index (κ1) is 13.0. The average Bonchev–Trinajstić information content (AvgIpc) is 2.97. The van der Waals surface area contributed by atoms with Crippen LogP contribution in [0.3, 0.4) is 0 Å². The second-order valence-electron chi connectivity index (χ2n) is 5.25. The molecule has 1 aromatic carbocycles. The van der Waals surface area contributed by atoms with Gasteiger partial charge in [-0.3, -0.25) is 0 Å². The molecule has 1 fully saturated rings. The molecule has 0 radical (unpaired) electrons. The number of anilines is 1. The Bertz CT molecular complexity index is 589. The van der Waals surface area contributed by atoms with Crippen LogP contribution in [-0.2, 0) is 0 Å². The Hall–Kier alpha value is -2.04. The molecule has 2 aromatic rings. The lowest BCUT2D eigenvalue weighted by atomic mass is 9.89. The molecule has 0 bridgehead atoms. The number of rotatable bonds is 3. The lowest BCUT2D eigenvalue weighted by molar-refractivity contribution is 0.382. The number of nitrogen functional groups attached to an aromatic ring is 1. The molecule has 20 heavy (non-hydrogen) atoms. The molecule has 0 aliphatic heterocycles. The summed E-state index contributed by atoms with van der Waals surface area (Å²) in [7, 11) is 1.61. The highest BCUT2D eigenvalue weighted by Gasteiger charge is 2.22. The Kier molecular flexibility index (Phi) is 3.58. The molecule has 0 saturated heterocycles. The zero-order valence-electron chi connectivity index (χ0n) is 11.6. The quantitative estimate of drug-likeness (QED) is 0.868. The summed E-state index contributed by atoms with van der Waals surface area (Å²) in [4.78, 5) is 4.54. The van der Waals surface area contributed by atoms with Crippen LogP contribution in [0, 0.1) is 0 Å². The van der Waals surface area contributed by atoms with Gasteiger partial charge in [-0.05, 0) is 25.0 Å². The van der Waals surface area contributed by atoms with E-state index < -0.39 is 0 Å². The predicted octanol–water partition coefficient (Wildman–Crippen LogP) is 3.38. The maximum atomic E-state index is 5.76. The van der Waals surface area contributed by atoms with E-state index in [0.29, 0.717) is 23.2 Å². The number of nitrogens with zero attached hydrogens (tertiary/aromatic N) is 2. The van der Waals surface area contributed by atoms with E-state index in [4.69, 9.17) is 15.0 Å². The molecular formula is C15H19N3O2. The van der Waals surface area contributed by atoms with Gasteiger partial charge in [0.2, 0.25) is 0 Å². The Morgan fingerprint density at radius 2 is 2.05 bits per heavy atom. The molecule has 1 aliphatic rings. The second kappa shape index (κ2) is 5.53. The SMILES string of the molecule is COc1cc(N)ccc1-c1nc(C2CCCCC2)no1. The summed E-state index contributed by atoms with van der Waals surface area (Å²) in [5, 5.41) is 4.14. The van der Waals surface area contributed by atoms with Gasteiger partial charge in [-0.15, -0.1) is 0 Å². The van der Waals surface area contributed by atoms with Gasteiger partial charge in [0.1, 0.15) is 5.75 Å². The Morgan fingerprint density at radius 3 is 2.80 bits per heavy atom. The lowest BCUT2D eigenvalue weighted by Gasteiger charge is -2.17. The summed E-state index contributed by atoms with van der Waals surface area (Å²) in [6.45, 7) is 0. The van der Waals surface area contributed by atoms with E-state index in [1.807, 2.05) is 12.1 Å². The molecule has 1 aromatic heterocycles. The molecular weight excluding hydrogens is 254 g/mol. The molecule has 0 spiro atoms. The minimum Gasteiger partial charge on any atom is -0.496 e. The van der Waals surface area contributed by atoms with E-state index in [0.717, 1.165) is 24.2 Å². The monoisotopic (exact) mass is 273 g/mol. The molecule has 2 N–H and O–H groups in total. The van der Waals surface area contributed by atoms with Crippen LogP contribution < -0.4 is 10.5 Å². The van der Waals surface area contributed by atoms with Crippen molar-refractivity contribution < 1.29 is 9.26 Å². The van der Waals surface area contributed by atoms with Crippen LogP contribution in [0.4, 0.5) is 5.69 Å². The zero-order valence-corrected chi connectivity index (χ0v) is 11.6. The van der Waals surface area contributed by atoms with Crippen molar-refractivity contribution in [1.29, 1.82) is 0 Å². The minimum absolute atomic E-state index is 0.432. The predicted molar refractivity (Wildman–Crippen MR) is 76.5 cm³/mol. The summed E-state index contributed by atoms with van der Waals surface area (Å²) >= 11 is 0. The summed E-state index contributed by atoms with van der Waals surface area (Å²) < 4.78 is 10.7. The Labute approximate surface area is 118 Å². The molecule has 1 saturated carbocycles. The van der Waals surface area contributed by atoms with Gasteiger partial charge in [-0.1, -0.05) is 24.4 Å². The topological polar surface area (TPSA) is 74.2 Å². The van der Waals surface area contributed by atoms with Crippen molar-refractivity contribution in [1.82, 2.24) is 10.1 Å². The first-order valence-corrected chi connectivity index (χ1v) is 7.05. The Balaban J connectivity index is 1.89. The van der Waals surface area contributed by atoms with Crippen LogP contribution in [-0.4, -0.2) is 17.3 Å². The van der Waals surface area contributed by atoms with E-state index in [1.54, 1.807) is 13.2 Å². The van der Waals surface area contributed by atoms with E-state index in [2.05, 4.69) is 10.1 Å². The maximum absolute atomic E-state index is 5.76. The van der Waals surface area contributed by atoms with Crippen LogP contribution >= 0.6 is 0 Å². The number of aromatic nitrogens is 2. The third-order valence-corrected chi connectivity index (χ3v) is 3.87. The van der Waals surface area contributed by atoms with Crippen molar-refractivity contribution in [3.63, 3.8) is 0 Å². The molecule has 1 heterocycles. The fourth-order valence-electron chi connectivity index (χ4n) is 2.76. The third kappa shape index (κ3) is 2.48. The minimum atomic E-state index is 0.432. The molecule has 1 aliphatic carbocycles. The summed E-state index contributed by atoms with van der Waals surface area (Å²) in [6.07, 6.45) is 6.11. The van der Waals surface area contributed by atoms with E-state index in [-0.39, 0.29) is 0 Å².